The minimum Gasteiger partial charge on any atom is -0.272 e. The molecule has 0 amide bonds. The molecule has 1 aliphatic rings. The van der Waals surface area contributed by atoms with Crippen LogP contribution in [0.2, 0.25) is 0 Å². The lowest BCUT2D eigenvalue weighted by Gasteiger charge is -1.95. The zero-order valence-corrected chi connectivity index (χ0v) is 5.88. The summed E-state index contributed by atoms with van der Waals surface area (Å²) in [5.41, 5.74) is 0. The van der Waals surface area contributed by atoms with Crippen molar-refractivity contribution >= 4 is 16.4 Å². The van der Waals surface area contributed by atoms with Gasteiger partial charge in [0.1, 0.15) is 0 Å². The Balaban J connectivity index is 2.96. The van der Waals surface area contributed by atoms with Gasteiger partial charge in [-0.15, -0.1) is 0 Å². The highest BCUT2D eigenvalue weighted by atomic mass is 32.2. The fourth-order valence-electron chi connectivity index (χ4n) is 0.440. The highest BCUT2D eigenvalue weighted by molar-refractivity contribution is 7.88. The topological polar surface area (TPSA) is 58.5 Å². The number of nitrogens with zero attached hydrogens (tertiary/aromatic N) is 1. The van der Waals surface area contributed by atoms with Gasteiger partial charge in [0, 0.05) is 12.4 Å². The van der Waals surface area contributed by atoms with Crippen molar-refractivity contribution in [2.45, 2.75) is 0 Å². The second-order valence-electron chi connectivity index (χ2n) is 1.59. The Bertz CT molecular complexity index is 287. The summed E-state index contributed by atoms with van der Waals surface area (Å²) in [6.07, 6.45) is 7.30. The molecule has 54 valence electrons. The highest BCUT2D eigenvalue weighted by Gasteiger charge is 2.00. The zero-order chi connectivity index (χ0) is 7.45. The van der Waals surface area contributed by atoms with E-state index in [1.165, 1.54) is 18.5 Å². The summed E-state index contributed by atoms with van der Waals surface area (Å²) in [5.74, 6) is 0. The lowest BCUT2D eigenvalue weighted by atomic mass is 10.5. The summed E-state index contributed by atoms with van der Waals surface area (Å²) in [6, 6.07) is 0. The fourth-order valence-corrected chi connectivity index (χ4v) is 0.982. The van der Waals surface area contributed by atoms with Crippen molar-refractivity contribution in [1.29, 1.82) is 0 Å². The normalized spacial score (nSPS) is 21.2. The Labute approximate surface area is 59.2 Å². The van der Waals surface area contributed by atoms with E-state index in [1.54, 1.807) is 12.2 Å². The van der Waals surface area contributed by atoms with Gasteiger partial charge in [0.25, 0.3) is 0 Å². The molecule has 0 atom stereocenters. The monoisotopic (exact) mass is 158 g/mol. The molecule has 1 aliphatic heterocycles. The lowest BCUT2D eigenvalue weighted by molar-refractivity contribution is 0.593. The van der Waals surface area contributed by atoms with Gasteiger partial charge in [0.2, 0.25) is 0 Å². The summed E-state index contributed by atoms with van der Waals surface area (Å²) in [5, 5.41) is 0. The molecule has 0 aromatic carbocycles. The molecule has 5 heteroatoms. The second kappa shape index (κ2) is 2.66. The summed E-state index contributed by atoms with van der Waals surface area (Å²) in [7, 11) is -3.46. The van der Waals surface area contributed by atoms with Gasteiger partial charge in [0.15, 0.2) is 0 Å². The van der Waals surface area contributed by atoms with Crippen LogP contribution in [0, 0.1) is 0 Å². The first-order valence-corrected chi connectivity index (χ1v) is 4.04. The van der Waals surface area contributed by atoms with E-state index in [0.717, 1.165) is 0 Å². The predicted octanol–water partition coefficient (Wildman–Crippen LogP) is -0.0249. The molecular formula is C5H6N2O2S. The first-order chi connectivity index (χ1) is 4.71. The molecular weight excluding hydrogens is 152 g/mol. The van der Waals surface area contributed by atoms with Crippen LogP contribution >= 0.6 is 0 Å². The van der Waals surface area contributed by atoms with Crippen LogP contribution in [0.15, 0.2) is 28.8 Å². The summed E-state index contributed by atoms with van der Waals surface area (Å²) in [6.45, 7) is 0. The third-order valence-corrected chi connectivity index (χ3v) is 1.65. The van der Waals surface area contributed by atoms with Gasteiger partial charge < -0.3 is 0 Å². The van der Waals surface area contributed by atoms with Crippen molar-refractivity contribution in [3.8, 4) is 0 Å². The third-order valence-electron chi connectivity index (χ3n) is 0.821. The molecule has 0 aliphatic carbocycles. The molecule has 1 N–H and O–H groups in total. The molecule has 1 rings (SSSR count). The number of rotatable bonds is 0. The van der Waals surface area contributed by atoms with E-state index >= 15 is 0 Å². The van der Waals surface area contributed by atoms with E-state index in [2.05, 4.69) is 9.12 Å². The number of hydrogen-bond donors (Lipinski definition) is 1. The van der Waals surface area contributed by atoms with Crippen molar-refractivity contribution in [3.63, 3.8) is 0 Å². The highest BCUT2D eigenvalue weighted by Crippen LogP contribution is 1.88. The number of allylic oxidation sites excluding steroid dienone is 3. The molecule has 0 saturated heterocycles. The summed E-state index contributed by atoms with van der Waals surface area (Å²) < 4.78 is 26.6. The van der Waals surface area contributed by atoms with Gasteiger partial charge in [-0.3, -0.25) is 4.72 Å². The molecule has 4 nitrogen and oxygen atoms in total. The maximum Gasteiger partial charge on any atom is 0.341 e. The standard InChI is InChI=1S/C5H6N2O2S/c8-10(9)6-4-2-1-3-5-7-10/h1-6H. The SMILES string of the molecule is O=S1(=O)N=CC=CC=CN1. The average molecular weight is 158 g/mol. The van der Waals surface area contributed by atoms with Crippen LogP contribution in [0.25, 0.3) is 0 Å². The van der Waals surface area contributed by atoms with Gasteiger partial charge in [-0.05, 0) is 12.2 Å². The Kier molecular flexibility index (Phi) is 1.86. The Morgan fingerprint density at radius 2 is 2.00 bits per heavy atom. The van der Waals surface area contributed by atoms with Crippen LogP contribution < -0.4 is 4.72 Å². The van der Waals surface area contributed by atoms with Crippen molar-refractivity contribution in [2.75, 3.05) is 0 Å². The maximum atomic E-state index is 10.6. The third kappa shape index (κ3) is 2.02. The largest absolute Gasteiger partial charge is 0.341 e. The van der Waals surface area contributed by atoms with E-state index in [1.807, 2.05) is 0 Å². The van der Waals surface area contributed by atoms with Crippen molar-refractivity contribution in [1.82, 2.24) is 4.72 Å². The summed E-state index contributed by atoms with van der Waals surface area (Å²) in [4.78, 5) is 0. The predicted molar refractivity (Wildman–Crippen MR) is 38.8 cm³/mol. The van der Waals surface area contributed by atoms with Crippen molar-refractivity contribution < 1.29 is 8.42 Å². The van der Waals surface area contributed by atoms with Gasteiger partial charge in [-0.2, -0.15) is 12.8 Å². The molecule has 0 spiro atoms. The minimum atomic E-state index is -3.46. The molecule has 0 unspecified atom stereocenters. The smallest absolute Gasteiger partial charge is 0.272 e. The van der Waals surface area contributed by atoms with E-state index in [0.29, 0.717) is 0 Å². The van der Waals surface area contributed by atoms with Gasteiger partial charge in [-0.1, -0.05) is 6.08 Å². The average Bonchev–Trinajstić information content (AvgIpc) is 1.81. The molecule has 10 heavy (non-hydrogen) atoms. The Hall–Kier alpha value is -1.10. The lowest BCUT2D eigenvalue weighted by Crippen LogP contribution is -2.14. The number of hydrogen-bond acceptors (Lipinski definition) is 2. The first-order valence-electron chi connectivity index (χ1n) is 2.60. The van der Waals surface area contributed by atoms with Crippen molar-refractivity contribution in [2.24, 2.45) is 4.40 Å². The van der Waals surface area contributed by atoms with Crippen LogP contribution in [-0.2, 0) is 10.2 Å². The Morgan fingerprint density at radius 3 is 2.80 bits per heavy atom. The zero-order valence-electron chi connectivity index (χ0n) is 5.06. The first kappa shape index (κ1) is 7.01. The van der Waals surface area contributed by atoms with E-state index in [9.17, 15) is 8.42 Å². The maximum absolute atomic E-state index is 10.6. The van der Waals surface area contributed by atoms with Gasteiger partial charge in [0.05, 0.1) is 0 Å². The molecule has 0 saturated carbocycles. The molecule has 0 aromatic heterocycles. The molecule has 0 aromatic rings. The van der Waals surface area contributed by atoms with E-state index < -0.39 is 10.2 Å². The fraction of sp³-hybridized carbons (Fsp3) is 0. The summed E-state index contributed by atoms with van der Waals surface area (Å²) >= 11 is 0. The van der Waals surface area contributed by atoms with Crippen LogP contribution in [0.1, 0.15) is 0 Å². The van der Waals surface area contributed by atoms with Crippen molar-refractivity contribution in [3.05, 3.63) is 24.4 Å². The quantitative estimate of drug-likeness (QED) is 0.538. The van der Waals surface area contributed by atoms with Crippen LogP contribution in [0.4, 0.5) is 0 Å². The molecule has 0 bridgehead atoms. The second-order valence-corrected chi connectivity index (χ2v) is 2.99. The van der Waals surface area contributed by atoms with E-state index in [-0.39, 0.29) is 0 Å². The van der Waals surface area contributed by atoms with Crippen LogP contribution in [0.5, 0.6) is 0 Å². The van der Waals surface area contributed by atoms with E-state index in [4.69, 9.17) is 0 Å². The molecule has 0 radical (unpaired) electrons. The Morgan fingerprint density at radius 1 is 1.20 bits per heavy atom. The van der Waals surface area contributed by atoms with Crippen LogP contribution in [-0.4, -0.2) is 14.6 Å². The molecule has 1 heterocycles. The minimum absolute atomic E-state index is 1.21. The van der Waals surface area contributed by atoms with Gasteiger partial charge in [-0.25, -0.2) is 0 Å². The van der Waals surface area contributed by atoms with Crippen LogP contribution in [0.3, 0.4) is 0 Å². The molecule has 0 fully saturated rings. The number of nitrogens with one attached hydrogen (secondary N) is 1. The van der Waals surface area contributed by atoms with Gasteiger partial charge >= 0.3 is 10.2 Å².